The highest BCUT2D eigenvalue weighted by Crippen LogP contribution is 2.27. The van der Waals surface area contributed by atoms with Gasteiger partial charge in [-0.15, -0.1) is 0 Å². The summed E-state index contributed by atoms with van der Waals surface area (Å²) in [7, 11) is 0. The lowest BCUT2D eigenvalue weighted by atomic mass is 10.1. The number of anilines is 2. The molecule has 0 unspecified atom stereocenters. The van der Waals surface area contributed by atoms with Crippen molar-refractivity contribution in [3.05, 3.63) is 63.7 Å². The molecule has 0 atom stereocenters. The molecule has 0 amide bonds. The Morgan fingerprint density at radius 2 is 1.71 bits per heavy atom. The van der Waals surface area contributed by atoms with Crippen LogP contribution >= 0.6 is 0 Å². The van der Waals surface area contributed by atoms with Crippen molar-refractivity contribution in [1.82, 2.24) is 0 Å². The molecule has 0 aromatic heterocycles. The number of nitro benzene ring substituents is 1. The van der Waals surface area contributed by atoms with Crippen molar-refractivity contribution >= 4 is 23.0 Å². The molecule has 2 rings (SSSR count). The summed E-state index contributed by atoms with van der Waals surface area (Å²) in [6, 6.07) is 12.3. The normalized spacial score (nSPS) is 10.0. The van der Waals surface area contributed by atoms with Gasteiger partial charge in [-0.2, -0.15) is 0 Å². The Labute approximate surface area is 122 Å². The minimum absolute atomic E-state index is 0.0123. The number of nitrogens with zero attached hydrogens (tertiary/aromatic N) is 1. The molecule has 2 aromatic rings. The minimum Gasteiger partial charge on any atom is -0.326 e. The number of hydrogen-bond donors (Lipinski definition) is 3. The zero-order valence-corrected chi connectivity index (χ0v) is 11.8. The molecule has 0 aliphatic rings. The van der Waals surface area contributed by atoms with Crippen LogP contribution in [0.25, 0.3) is 0 Å². The molecule has 0 spiro atoms. The average Bonchev–Trinajstić information content (AvgIpc) is 2.43. The van der Waals surface area contributed by atoms with Crippen LogP contribution in [0.3, 0.4) is 0 Å². The Morgan fingerprint density at radius 1 is 1.05 bits per heavy atom. The largest absolute Gasteiger partial charge is 0.326 e. The average molecular weight is 284 g/mol. The monoisotopic (exact) mass is 284 g/mol. The highest BCUT2D eigenvalue weighted by atomic mass is 16.6. The number of nitro groups is 1. The first kappa shape index (κ1) is 14.5. The van der Waals surface area contributed by atoms with Gasteiger partial charge in [0.2, 0.25) is 0 Å². The van der Waals surface area contributed by atoms with Crippen molar-refractivity contribution in [3.63, 3.8) is 0 Å². The summed E-state index contributed by atoms with van der Waals surface area (Å²) in [6.45, 7) is 3.68. The smallest absolute Gasteiger partial charge is 0.293 e. The lowest BCUT2D eigenvalue weighted by Gasteiger charge is -2.13. The standard InChI is InChI=1S/C15H16N4O2/c1-10-6-3-4-8-12(10)17-15(16)18-14-11(2)7-5-9-13(14)19(20)21/h3-9H,1-2H3,(H3,16,17,18). The molecule has 2 aromatic carbocycles. The van der Waals surface area contributed by atoms with Gasteiger partial charge < -0.3 is 10.6 Å². The molecule has 3 N–H and O–H groups in total. The van der Waals surface area contributed by atoms with E-state index >= 15 is 0 Å². The van der Waals surface area contributed by atoms with E-state index in [9.17, 15) is 10.1 Å². The lowest BCUT2D eigenvalue weighted by molar-refractivity contribution is -0.383. The van der Waals surface area contributed by atoms with E-state index in [4.69, 9.17) is 5.41 Å². The van der Waals surface area contributed by atoms with Gasteiger partial charge in [-0.3, -0.25) is 15.5 Å². The number of aryl methyl sites for hydroxylation is 2. The van der Waals surface area contributed by atoms with E-state index in [0.717, 1.165) is 11.3 Å². The number of guanidine groups is 1. The molecule has 21 heavy (non-hydrogen) atoms. The molecule has 0 aliphatic carbocycles. The van der Waals surface area contributed by atoms with E-state index in [0.29, 0.717) is 11.3 Å². The van der Waals surface area contributed by atoms with Crippen LogP contribution in [-0.4, -0.2) is 10.9 Å². The third kappa shape index (κ3) is 3.36. The van der Waals surface area contributed by atoms with Gasteiger partial charge in [0.1, 0.15) is 5.69 Å². The maximum atomic E-state index is 11.0. The van der Waals surface area contributed by atoms with Crippen LogP contribution in [0.2, 0.25) is 0 Å². The molecule has 0 saturated carbocycles. The summed E-state index contributed by atoms with van der Waals surface area (Å²) < 4.78 is 0. The van der Waals surface area contributed by atoms with Crippen LogP contribution in [0.15, 0.2) is 42.5 Å². The first-order valence-electron chi connectivity index (χ1n) is 6.41. The molecule has 0 saturated heterocycles. The number of hydrogen-bond acceptors (Lipinski definition) is 3. The molecule has 0 aliphatic heterocycles. The van der Waals surface area contributed by atoms with Gasteiger partial charge in [-0.25, -0.2) is 0 Å². The molecular weight excluding hydrogens is 268 g/mol. The van der Waals surface area contributed by atoms with Crippen LogP contribution in [0.5, 0.6) is 0 Å². The maximum absolute atomic E-state index is 11.0. The van der Waals surface area contributed by atoms with Crippen molar-refractivity contribution < 1.29 is 4.92 Å². The van der Waals surface area contributed by atoms with Crippen molar-refractivity contribution in [2.24, 2.45) is 0 Å². The topological polar surface area (TPSA) is 91.1 Å². The van der Waals surface area contributed by atoms with Gasteiger partial charge in [0, 0.05) is 11.8 Å². The Hall–Kier alpha value is -2.89. The van der Waals surface area contributed by atoms with Gasteiger partial charge in [-0.1, -0.05) is 30.3 Å². The van der Waals surface area contributed by atoms with Crippen LogP contribution in [0.1, 0.15) is 11.1 Å². The second-order valence-electron chi connectivity index (χ2n) is 4.67. The number of benzene rings is 2. The molecule has 0 bridgehead atoms. The van der Waals surface area contributed by atoms with E-state index in [1.165, 1.54) is 6.07 Å². The third-order valence-corrected chi connectivity index (χ3v) is 3.10. The molecule has 0 heterocycles. The van der Waals surface area contributed by atoms with Crippen LogP contribution in [0.4, 0.5) is 17.1 Å². The predicted octanol–water partition coefficient (Wildman–Crippen LogP) is 3.67. The van der Waals surface area contributed by atoms with Crippen molar-refractivity contribution in [2.45, 2.75) is 13.8 Å². The summed E-state index contributed by atoms with van der Waals surface area (Å²) >= 11 is 0. The minimum atomic E-state index is -0.462. The molecule has 0 radical (unpaired) electrons. The number of rotatable bonds is 3. The number of para-hydroxylation sites is 2. The Kier molecular flexibility index (Phi) is 4.18. The molecule has 108 valence electrons. The highest BCUT2D eigenvalue weighted by Gasteiger charge is 2.16. The van der Waals surface area contributed by atoms with Crippen LogP contribution < -0.4 is 10.6 Å². The Balaban J connectivity index is 2.21. The lowest BCUT2D eigenvalue weighted by Crippen LogP contribution is -2.22. The number of nitrogens with one attached hydrogen (secondary N) is 3. The maximum Gasteiger partial charge on any atom is 0.293 e. The summed E-state index contributed by atoms with van der Waals surface area (Å²) in [4.78, 5) is 10.6. The van der Waals surface area contributed by atoms with E-state index in [-0.39, 0.29) is 11.6 Å². The fraction of sp³-hybridized carbons (Fsp3) is 0.133. The molecule has 0 fully saturated rings. The summed E-state index contributed by atoms with van der Waals surface area (Å²) in [5, 5.41) is 24.7. The van der Waals surface area contributed by atoms with Gasteiger partial charge in [-0.05, 0) is 31.0 Å². The summed E-state index contributed by atoms with van der Waals surface area (Å²) in [5.41, 5.74) is 2.76. The van der Waals surface area contributed by atoms with Gasteiger partial charge in [0.05, 0.1) is 4.92 Å². The second kappa shape index (κ2) is 6.04. The van der Waals surface area contributed by atoms with E-state index in [2.05, 4.69) is 10.6 Å². The van der Waals surface area contributed by atoms with E-state index in [1.54, 1.807) is 19.1 Å². The molecule has 6 nitrogen and oxygen atoms in total. The highest BCUT2D eigenvalue weighted by molar-refractivity contribution is 6.03. The third-order valence-electron chi connectivity index (χ3n) is 3.10. The fourth-order valence-electron chi connectivity index (χ4n) is 1.97. The SMILES string of the molecule is Cc1ccccc1NC(=N)Nc1c(C)cccc1[N+](=O)[O-]. The molecule has 6 heteroatoms. The fourth-order valence-corrected chi connectivity index (χ4v) is 1.97. The van der Waals surface area contributed by atoms with Gasteiger partial charge in [0.25, 0.3) is 5.69 Å². The van der Waals surface area contributed by atoms with Gasteiger partial charge in [0.15, 0.2) is 5.96 Å². The van der Waals surface area contributed by atoms with Gasteiger partial charge >= 0.3 is 0 Å². The quantitative estimate of drug-likeness (QED) is 0.347. The second-order valence-corrected chi connectivity index (χ2v) is 4.67. The predicted molar refractivity (Wildman–Crippen MR) is 84.0 cm³/mol. The Morgan fingerprint density at radius 3 is 2.38 bits per heavy atom. The summed E-state index contributed by atoms with van der Waals surface area (Å²) in [5.74, 6) is -0.0123. The zero-order valence-electron chi connectivity index (χ0n) is 11.8. The van der Waals surface area contributed by atoms with Crippen LogP contribution in [-0.2, 0) is 0 Å². The Bertz CT molecular complexity index is 698. The van der Waals surface area contributed by atoms with Crippen molar-refractivity contribution in [2.75, 3.05) is 10.6 Å². The first-order valence-corrected chi connectivity index (χ1v) is 6.41. The molecular formula is C15H16N4O2. The van der Waals surface area contributed by atoms with Crippen LogP contribution in [0, 0.1) is 29.4 Å². The summed E-state index contributed by atoms with van der Waals surface area (Å²) in [6.07, 6.45) is 0. The van der Waals surface area contributed by atoms with E-state index < -0.39 is 4.92 Å². The first-order chi connectivity index (χ1) is 9.99. The van der Waals surface area contributed by atoms with E-state index in [1.807, 2.05) is 31.2 Å². The van der Waals surface area contributed by atoms with Crippen molar-refractivity contribution in [1.29, 1.82) is 5.41 Å². The van der Waals surface area contributed by atoms with Crippen molar-refractivity contribution in [3.8, 4) is 0 Å². The zero-order chi connectivity index (χ0) is 15.4.